The van der Waals surface area contributed by atoms with Crippen molar-refractivity contribution in [2.75, 3.05) is 18.8 Å². The van der Waals surface area contributed by atoms with Crippen LogP contribution < -0.4 is 5.73 Å². The maximum absolute atomic E-state index is 5.71. The normalized spacial score (nSPS) is 22.2. The number of nitrogens with two attached hydrogens (primary N) is 1. The number of rotatable bonds is 3. The van der Waals surface area contributed by atoms with Gasteiger partial charge in [0.15, 0.2) is 0 Å². The smallest absolute Gasteiger partial charge is 0.0726 e. The third-order valence-corrected chi connectivity index (χ3v) is 3.33. The summed E-state index contributed by atoms with van der Waals surface area (Å²) in [6.45, 7) is 4.57. The lowest BCUT2D eigenvalue weighted by molar-refractivity contribution is 0.154. The molecule has 0 spiro atoms. The van der Waals surface area contributed by atoms with Gasteiger partial charge < -0.3 is 10.6 Å². The summed E-state index contributed by atoms with van der Waals surface area (Å²) in [5.41, 5.74) is 7.45. The molecule has 4 heteroatoms. The lowest BCUT2D eigenvalue weighted by Gasteiger charge is -2.34. The highest BCUT2D eigenvalue weighted by molar-refractivity contribution is 5.34. The lowest BCUT2D eigenvalue weighted by atomic mass is 9.98. The fourth-order valence-corrected chi connectivity index (χ4v) is 2.48. The molecule has 0 aromatic carbocycles. The lowest BCUT2D eigenvalue weighted by Crippen LogP contribution is -2.40. The van der Waals surface area contributed by atoms with Gasteiger partial charge in [-0.3, -0.25) is 0 Å². The van der Waals surface area contributed by atoms with Crippen molar-refractivity contribution >= 4 is 5.69 Å². The molecule has 1 aromatic rings. The Bertz CT molecular complexity index is 340. The first-order valence-electron chi connectivity index (χ1n) is 6.10. The largest absolute Gasteiger partial charge is 0.397 e. The Hall–Kier alpha value is -1.16. The second-order valence-electron chi connectivity index (χ2n) is 4.46. The van der Waals surface area contributed by atoms with Crippen LogP contribution in [0.15, 0.2) is 12.3 Å². The van der Waals surface area contributed by atoms with E-state index in [1.54, 1.807) is 6.20 Å². The number of aromatic nitrogens is 2. The molecule has 2 heterocycles. The summed E-state index contributed by atoms with van der Waals surface area (Å²) in [6, 6.07) is 2.56. The third kappa shape index (κ3) is 2.70. The van der Waals surface area contributed by atoms with Crippen LogP contribution in [0.1, 0.15) is 31.9 Å². The van der Waals surface area contributed by atoms with Crippen molar-refractivity contribution < 1.29 is 0 Å². The van der Waals surface area contributed by atoms with Crippen molar-refractivity contribution in [3.05, 3.63) is 18.0 Å². The summed E-state index contributed by atoms with van der Waals surface area (Å²) in [5, 5.41) is 8.05. The van der Waals surface area contributed by atoms with Gasteiger partial charge in [0.2, 0.25) is 0 Å². The number of hydrogen-bond donors (Lipinski definition) is 1. The molecule has 1 unspecified atom stereocenters. The van der Waals surface area contributed by atoms with Gasteiger partial charge in [-0.1, -0.05) is 13.3 Å². The molecule has 88 valence electrons. The molecule has 0 aliphatic carbocycles. The number of likely N-dealkylation sites (tertiary alicyclic amines) is 1. The molecular formula is C12H20N4. The molecule has 4 nitrogen and oxygen atoms in total. The number of piperidine rings is 1. The van der Waals surface area contributed by atoms with Gasteiger partial charge in [0.05, 0.1) is 17.6 Å². The van der Waals surface area contributed by atoms with Gasteiger partial charge in [0.25, 0.3) is 0 Å². The molecule has 1 aliphatic rings. The summed E-state index contributed by atoms with van der Waals surface area (Å²) < 4.78 is 0. The van der Waals surface area contributed by atoms with Crippen LogP contribution in [0.4, 0.5) is 5.69 Å². The minimum Gasteiger partial charge on any atom is -0.397 e. The SMILES string of the molecule is CCN1CCCCC1Cc1cc(N)cnn1. The quantitative estimate of drug-likeness (QED) is 0.838. The molecule has 2 N–H and O–H groups in total. The molecule has 1 aromatic heterocycles. The topological polar surface area (TPSA) is 55.0 Å². The maximum atomic E-state index is 5.71. The van der Waals surface area contributed by atoms with Crippen LogP contribution in [0.25, 0.3) is 0 Å². The van der Waals surface area contributed by atoms with Crippen LogP contribution in [0.5, 0.6) is 0 Å². The van der Waals surface area contributed by atoms with Crippen LogP contribution >= 0.6 is 0 Å². The molecule has 2 rings (SSSR count). The molecule has 1 saturated heterocycles. The highest BCUT2D eigenvalue weighted by atomic mass is 15.2. The molecule has 0 amide bonds. The Labute approximate surface area is 96.9 Å². The number of hydrogen-bond acceptors (Lipinski definition) is 4. The Morgan fingerprint density at radius 1 is 1.50 bits per heavy atom. The van der Waals surface area contributed by atoms with Gasteiger partial charge in [-0.25, -0.2) is 0 Å². The van der Waals surface area contributed by atoms with Gasteiger partial charge in [0.1, 0.15) is 0 Å². The van der Waals surface area contributed by atoms with Gasteiger partial charge in [-0.15, -0.1) is 0 Å². The average Bonchev–Trinajstić information content (AvgIpc) is 2.30. The zero-order valence-electron chi connectivity index (χ0n) is 9.89. The average molecular weight is 220 g/mol. The van der Waals surface area contributed by atoms with Crippen LogP contribution in [0.3, 0.4) is 0 Å². The van der Waals surface area contributed by atoms with Crippen LogP contribution in [-0.2, 0) is 6.42 Å². The summed E-state index contributed by atoms with van der Waals surface area (Å²) >= 11 is 0. The van der Waals surface area contributed by atoms with E-state index < -0.39 is 0 Å². The van der Waals surface area contributed by atoms with Gasteiger partial charge in [0, 0.05) is 12.5 Å². The minimum atomic E-state index is 0.620. The van der Waals surface area contributed by atoms with E-state index in [2.05, 4.69) is 22.0 Å². The fourth-order valence-electron chi connectivity index (χ4n) is 2.48. The van der Waals surface area contributed by atoms with Crippen molar-refractivity contribution in [2.24, 2.45) is 0 Å². The molecule has 0 radical (unpaired) electrons. The fraction of sp³-hybridized carbons (Fsp3) is 0.667. The van der Waals surface area contributed by atoms with Gasteiger partial charge in [-0.2, -0.15) is 10.2 Å². The first kappa shape index (κ1) is 11.3. The molecular weight excluding hydrogens is 200 g/mol. The number of nitrogen functional groups attached to an aromatic ring is 1. The van der Waals surface area contributed by atoms with E-state index in [1.165, 1.54) is 25.8 Å². The highest BCUT2D eigenvalue weighted by Crippen LogP contribution is 2.19. The van der Waals surface area contributed by atoms with Gasteiger partial charge in [-0.05, 0) is 32.0 Å². The summed E-state index contributed by atoms with van der Waals surface area (Å²) in [4.78, 5) is 2.54. The van der Waals surface area contributed by atoms with Crippen molar-refractivity contribution in [1.82, 2.24) is 15.1 Å². The van der Waals surface area contributed by atoms with Crippen LogP contribution in [-0.4, -0.2) is 34.2 Å². The summed E-state index contributed by atoms with van der Waals surface area (Å²) in [6.07, 6.45) is 6.50. The first-order chi connectivity index (χ1) is 7.79. The van der Waals surface area contributed by atoms with Gasteiger partial charge >= 0.3 is 0 Å². The van der Waals surface area contributed by atoms with E-state index >= 15 is 0 Å². The van der Waals surface area contributed by atoms with Crippen LogP contribution in [0, 0.1) is 0 Å². The van der Waals surface area contributed by atoms with Crippen molar-refractivity contribution in [2.45, 2.75) is 38.6 Å². The van der Waals surface area contributed by atoms with E-state index in [0.717, 1.165) is 18.7 Å². The molecule has 1 atom stereocenters. The molecule has 0 saturated carbocycles. The predicted molar refractivity (Wildman–Crippen MR) is 65.0 cm³/mol. The monoisotopic (exact) mass is 220 g/mol. The zero-order valence-corrected chi connectivity index (χ0v) is 9.89. The number of nitrogens with zero attached hydrogens (tertiary/aromatic N) is 3. The maximum Gasteiger partial charge on any atom is 0.0726 e. The Morgan fingerprint density at radius 2 is 2.38 bits per heavy atom. The van der Waals surface area contributed by atoms with E-state index in [4.69, 9.17) is 5.73 Å². The Kier molecular flexibility index (Phi) is 3.72. The van der Waals surface area contributed by atoms with E-state index in [0.29, 0.717) is 11.7 Å². The third-order valence-electron chi connectivity index (χ3n) is 3.33. The van der Waals surface area contributed by atoms with E-state index in [1.807, 2.05) is 6.07 Å². The van der Waals surface area contributed by atoms with Crippen molar-refractivity contribution in [3.63, 3.8) is 0 Å². The van der Waals surface area contributed by atoms with E-state index in [-0.39, 0.29) is 0 Å². The highest BCUT2D eigenvalue weighted by Gasteiger charge is 2.21. The van der Waals surface area contributed by atoms with Crippen molar-refractivity contribution in [3.8, 4) is 0 Å². The molecule has 1 aliphatic heterocycles. The summed E-state index contributed by atoms with van der Waals surface area (Å²) in [5.74, 6) is 0. The number of anilines is 1. The first-order valence-corrected chi connectivity index (χ1v) is 6.10. The molecule has 0 bridgehead atoms. The molecule has 16 heavy (non-hydrogen) atoms. The second kappa shape index (κ2) is 5.25. The minimum absolute atomic E-state index is 0.620. The standard InChI is InChI=1S/C12H20N4/c1-2-16-6-4-3-5-12(16)8-11-7-10(13)9-14-15-11/h7,9,12H,2-6,8H2,1H3,(H2,13,15). The van der Waals surface area contributed by atoms with Crippen molar-refractivity contribution in [1.29, 1.82) is 0 Å². The summed E-state index contributed by atoms with van der Waals surface area (Å²) in [7, 11) is 0. The van der Waals surface area contributed by atoms with E-state index in [9.17, 15) is 0 Å². The Balaban J connectivity index is 2.02. The molecule has 1 fully saturated rings. The zero-order chi connectivity index (χ0) is 11.4. The van der Waals surface area contributed by atoms with Crippen LogP contribution in [0.2, 0.25) is 0 Å². The number of likely N-dealkylation sites (N-methyl/N-ethyl adjacent to an activating group) is 1. The Morgan fingerprint density at radius 3 is 3.12 bits per heavy atom. The predicted octanol–water partition coefficient (Wildman–Crippen LogP) is 1.48. The second-order valence-corrected chi connectivity index (χ2v) is 4.46.